The Morgan fingerprint density at radius 2 is 1.86 bits per heavy atom. The first kappa shape index (κ1) is 14.0. The molecule has 0 saturated heterocycles. The maximum Gasteiger partial charge on any atom is 0.417 e. The molecule has 1 amide bonds. The largest absolute Gasteiger partial charge is 0.417 e. The van der Waals surface area contributed by atoms with Gasteiger partial charge in [0, 0.05) is 10.6 Å². The van der Waals surface area contributed by atoms with Gasteiger partial charge in [0.15, 0.2) is 0 Å². The molecule has 1 aliphatic carbocycles. The van der Waals surface area contributed by atoms with Gasteiger partial charge in [-0.2, -0.15) is 0 Å². The van der Waals surface area contributed by atoms with E-state index in [-0.39, 0.29) is 0 Å². The molecule has 1 N–H and O–H groups in total. The van der Waals surface area contributed by atoms with Gasteiger partial charge in [0.25, 0.3) is 0 Å². The zero-order valence-electron chi connectivity index (χ0n) is 11.9. The van der Waals surface area contributed by atoms with E-state index in [2.05, 4.69) is 11.4 Å². The van der Waals surface area contributed by atoms with Crippen molar-refractivity contribution in [1.82, 2.24) is 0 Å². The van der Waals surface area contributed by atoms with E-state index in [1.54, 1.807) is 11.8 Å². The lowest BCUT2D eigenvalue weighted by Crippen LogP contribution is -2.16. The molecule has 0 fully saturated rings. The van der Waals surface area contributed by atoms with E-state index >= 15 is 0 Å². The SMILES string of the molecule is CSc1ccc(NC(=O)Oc2ccc3c(c2)CCC3)cc1. The molecule has 0 unspecified atom stereocenters. The number of carbonyl (C=O) groups is 1. The Morgan fingerprint density at radius 3 is 2.62 bits per heavy atom. The third-order valence-electron chi connectivity index (χ3n) is 3.62. The van der Waals surface area contributed by atoms with Crippen LogP contribution in [0.2, 0.25) is 0 Å². The zero-order valence-corrected chi connectivity index (χ0v) is 12.7. The van der Waals surface area contributed by atoms with Crippen molar-refractivity contribution in [1.29, 1.82) is 0 Å². The molecule has 0 spiro atoms. The van der Waals surface area contributed by atoms with Crippen molar-refractivity contribution in [3.8, 4) is 5.75 Å². The second-order valence-corrected chi connectivity index (χ2v) is 5.91. The van der Waals surface area contributed by atoms with Gasteiger partial charge in [0.1, 0.15) is 5.75 Å². The van der Waals surface area contributed by atoms with Crippen molar-refractivity contribution in [2.24, 2.45) is 0 Å². The van der Waals surface area contributed by atoms with Gasteiger partial charge in [-0.25, -0.2) is 4.79 Å². The summed E-state index contributed by atoms with van der Waals surface area (Å²) in [5.74, 6) is 0.605. The minimum absolute atomic E-state index is 0.454. The number of thioether (sulfide) groups is 1. The summed E-state index contributed by atoms with van der Waals surface area (Å²) in [5.41, 5.74) is 3.40. The van der Waals surface area contributed by atoms with Crippen LogP contribution in [0.4, 0.5) is 10.5 Å². The fourth-order valence-electron chi connectivity index (χ4n) is 2.54. The summed E-state index contributed by atoms with van der Waals surface area (Å²) >= 11 is 1.67. The summed E-state index contributed by atoms with van der Waals surface area (Å²) in [6.45, 7) is 0. The van der Waals surface area contributed by atoms with Crippen LogP contribution in [-0.2, 0) is 12.8 Å². The summed E-state index contributed by atoms with van der Waals surface area (Å²) in [6.07, 6.45) is 4.95. The zero-order chi connectivity index (χ0) is 14.7. The highest BCUT2D eigenvalue weighted by molar-refractivity contribution is 7.98. The minimum atomic E-state index is -0.454. The molecular formula is C17H17NO2S. The number of aryl methyl sites for hydroxylation is 2. The Hall–Kier alpha value is -1.94. The number of fused-ring (bicyclic) bond motifs is 1. The van der Waals surface area contributed by atoms with Crippen LogP contribution in [0, 0.1) is 0 Å². The van der Waals surface area contributed by atoms with Crippen LogP contribution in [0.1, 0.15) is 17.5 Å². The molecule has 4 heteroatoms. The van der Waals surface area contributed by atoms with Gasteiger partial charge in [0.05, 0.1) is 0 Å². The molecular weight excluding hydrogens is 282 g/mol. The lowest BCUT2D eigenvalue weighted by molar-refractivity contribution is 0.215. The number of benzene rings is 2. The van der Waals surface area contributed by atoms with Gasteiger partial charge in [-0.3, -0.25) is 5.32 Å². The highest BCUT2D eigenvalue weighted by atomic mass is 32.2. The van der Waals surface area contributed by atoms with E-state index in [9.17, 15) is 4.79 Å². The molecule has 0 aromatic heterocycles. The Balaban J connectivity index is 1.63. The van der Waals surface area contributed by atoms with Crippen molar-refractivity contribution in [3.05, 3.63) is 53.6 Å². The monoisotopic (exact) mass is 299 g/mol. The van der Waals surface area contributed by atoms with Gasteiger partial charge in [-0.1, -0.05) is 6.07 Å². The van der Waals surface area contributed by atoms with Crippen LogP contribution in [0.5, 0.6) is 5.75 Å². The molecule has 0 radical (unpaired) electrons. The van der Waals surface area contributed by atoms with Gasteiger partial charge < -0.3 is 4.74 Å². The molecule has 2 aromatic rings. The van der Waals surface area contributed by atoms with Crippen LogP contribution >= 0.6 is 11.8 Å². The highest BCUT2D eigenvalue weighted by Crippen LogP contribution is 2.26. The molecule has 3 rings (SSSR count). The highest BCUT2D eigenvalue weighted by Gasteiger charge is 2.12. The number of hydrogen-bond acceptors (Lipinski definition) is 3. The smallest absolute Gasteiger partial charge is 0.410 e. The molecule has 3 nitrogen and oxygen atoms in total. The van der Waals surface area contributed by atoms with E-state index < -0.39 is 6.09 Å². The second kappa shape index (κ2) is 6.22. The van der Waals surface area contributed by atoms with E-state index in [4.69, 9.17) is 4.74 Å². The molecule has 1 aliphatic rings. The number of carbonyl (C=O) groups excluding carboxylic acids is 1. The Labute approximate surface area is 128 Å². The van der Waals surface area contributed by atoms with Crippen molar-refractivity contribution in [2.45, 2.75) is 24.2 Å². The Bertz CT molecular complexity index is 652. The fraction of sp³-hybridized carbons (Fsp3) is 0.235. The van der Waals surface area contributed by atoms with E-state index in [0.717, 1.165) is 23.4 Å². The van der Waals surface area contributed by atoms with Crippen LogP contribution in [0.3, 0.4) is 0 Å². The van der Waals surface area contributed by atoms with Crippen molar-refractivity contribution < 1.29 is 9.53 Å². The van der Waals surface area contributed by atoms with Crippen LogP contribution < -0.4 is 10.1 Å². The molecule has 21 heavy (non-hydrogen) atoms. The molecule has 0 bridgehead atoms. The second-order valence-electron chi connectivity index (χ2n) is 5.03. The van der Waals surface area contributed by atoms with E-state index in [1.807, 2.05) is 42.7 Å². The summed E-state index contributed by atoms with van der Waals surface area (Å²) in [6, 6.07) is 13.6. The summed E-state index contributed by atoms with van der Waals surface area (Å²) in [5, 5.41) is 2.74. The summed E-state index contributed by atoms with van der Waals surface area (Å²) < 4.78 is 5.34. The van der Waals surface area contributed by atoms with Crippen LogP contribution in [0.15, 0.2) is 47.4 Å². The lowest BCUT2D eigenvalue weighted by Gasteiger charge is -2.08. The first-order valence-corrected chi connectivity index (χ1v) is 8.22. The molecule has 108 valence electrons. The van der Waals surface area contributed by atoms with E-state index in [0.29, 0.717) is 5.75 Å². The number of rotatable bonds is 3. The van der Waals surface area contributed by atoms with Crippen molar-refractivity contribution >= 4 is 23.5 Å². The fourth-order valence-corrected chi connectivity index (χ4v) is 2.94. The molecule has 2 aromatic carbocycles. The lowest BCUT2D eigenvalue weighted by atomic mass is 10.1. The standard InChI is InChI=1S/C17H17NO2S/c1-21-16-9-6-14(7-10-16)18-17(19)20-15-8-5-12-3-2-4-13(12)11-15/h5-11H,2-4H2,1H3,(H,18,19). The van der Waals surface area contributed by atoms with E-state index in [1.165, 1.54) is 17.5 Å². The molecule has 0 aliphatic heterocycles. The first-order valence-electron chi connectivity index (χ1n) is 6.99. The van der Waals surface area contributed by atoms with Crippen LogP contribution in [0.25, 0.3) is 0 Å². The number of ether oxygens (including phenoxy) is 1. The average molecular weight is 299 g/mol. The predicted molar refractivity (Wildman–Crippen MR) is 86.3 cm³/mol. The Morgan fingerprint density at radius 1 is 1.10 bits per heavy atom. The average Bonchev–Trinajstić information content (AvgIpc) is 2.95. The van der Waals surface area contributed by atoms with Crippen LogP contribution in [-0.4, -0.2) is 12.3 Å². The third kappa shape index (κ3) is 3.39. The van der Waals surface area contributed by atoms with Gasteiger partial charge in [-0.15, -0.1) is 11.8 Å². The van der Waals surface area contributed by atoms with Gasteiger partial charge in [0.2, 0.25) is 0 Å². The third-order valence-corrected chi connectivity index (χ3v) is 4.36. The topological polar surface area (TPSA) is 38.3 Å². The molecule has 0 atom stereocenters. The molecule has 0 heterocycles. The summed E-state index contributed by atoms with van der Waals surface area (Å²) in [7, 11) is 0. The van der Waals surface area contributed by atoms with Crippen molar-refractivity contribution in [2.75, 3.05) is 11.6 Å². The maximum absolute atomic E-state index is 11.9. The predicted octanol–water partition coefficient (Wildman–Crippen LogP) is 4.51. The van der Waals surface area contributed by atoms with Gasteiger partial charge in [-0.05, 0) is 73.0 Å². The number of anilines is 1. The minimum Gasteiger partial charge on any atom is -0.410 e. The molecule has 0 saturated carbocycles. The van der Waals surface area contributed by atoms with Gasteiger partial charge >= 0.3 is 6.09 Å². The number of nitrogens with one attached hydrogen (secondary N) is 1. The first-order chi connectivity index (χ1) is 10.2. The van der Waals surface area contributed by atoms with Crippen molar-refractivity contribution in [3.63, 3.8) is 0 Å². The summed E-state index contributed by atoms with van der Waals surface area (Å²) in [4.78, 5) is 13.1. The number of amides is 1. The quantitative estimate of drug-likeness (QED) is 0.848. The number of hydrogen-bond donors (Lipinski definition) is 1. The Kier molecular flexibility index (Phi) is 4.15. The normalized spacial score (nSPS) is 12.8. The maximum atomic E-state index is 11.9.